The second-order valence-electron chi connectivity index (χ2n) is 5.22. The van der Waals surface area contributed by atoms with Gasteiger partial charge >= 0.3 is 0 Å². The molecule has 1 atom stereocenters. The lowest BCUT2D eigenvalue weighted by Crippen LogP contribution is -2.41. The first-order valence-corrected chi connectivity index (χ1v) is 6.39. The van der Waals surface area contributed by atoms with Gasteiger partial charge in [-0.3, -0.25) is 4.79 Å². The maximum absolute atomic E-state index is 12.5. The number of carbonyl (C=O) groups excluding carboxylic acids is 1. The van der Waals surface area contributed by atoms with Gasteiger partial charge in [0.1, 0.15) is 0 Å². The molecule has 0 saturated heterocycles. The maximum atomic E-state index is 12.5. The molecule has 100 valence electrons. The SMILES string of the molecule is Cc1ccc(C(=O)N(CC(C)O)C(C)C)c(C)c1. The number of benzene rings is 1. The minimum atomic E-state index is -0.512. The normalized spacial score (nSPS) is 12.6. The zero-order valence-electron chi connectivity index (χ0n) is 11.9. The fraction of sp³-hybridized carbons (Fsp3) is 0.533. The number of hydrogen-bond acceptors (Lipinski definition) is 2. The van der Waals surface area contributed by atoms with Crippen LogP contribution in [0, 0.1) is 13.8 Å². The molecule has 0 bridgehead atoms. The minimum absolute atomic E-state index is 0.0107. The topological polar surface area (TPSA) is 40.5 Å². The molecule has 0 saturated carbocycles. The molecule has 0 fully saturated rings. The summed E-state index contributed by atoms with van der Waals surface area (Å²) in [5.74, 6) is -0.0107. The highest BCUT2D eigenvalue weighted by atomic mass is 16.3. The Morgan fingerprint density at radius 3 is 2.33 bits per heavy atom. The Morgan fingerprint density at radius 1 is 1.28 bits per heavy atom. The molecule has 1 aromatic rings. The van der Waals surface area contributed by atoms with Gasteiger partial charge in [0.25, 0.3) is 5.91 Å². The van der Waals surface area contributed by atoms with E-state index in [0.717, 1.165) is 16.7 Å². The van der Waals surface area contributed by atoms with Gasteiger partial charge in [-0.15, -0.1) is 0 Å². The average Bonchev–Trinajstić information content (AvgIpc) is 2.24. The molecule has 0 aliphatic heterocycles. The third kappa shape index (κ3) is 3.57. The zero-order valence-corrected chi connectivity index (χ0v) is 11.9. The van der Waals surface area contributed by atoms with Crippen molar-refractivity contribution in [1.82, 2.24) is 4.90 Å². The van der Waals surface area contributed by atoms with Crippen molar-refractivity contribution in [3.05, 3.63) is 34.9 Å². The van der Waals surface area contributed by atoms with E-state index in [9.17, 15) is 9.90 Å². The Morgan fingerprint density at radius 2 is 1.89 bits per heavy atom. The van der Waals surface area contributed by atoms with E-state index in [2.05, 4.69) is 0 Å². The number of rotatable bonds is 4. The summed E-state index contributed by atoms with van der Waals surface area (Å²) < 4.78 is 0. The molecule has 1 unspecified atom stereocenters. The Labute approximate surface area is 109 Å². The summed E-state index contributed by atoms with van der Waals surface area (Å²) in [5, 5.41) is 9.49. The fourth-order valence-electron chi connectivity index (χ4n) is 2.02. The molecular weight excluding hydrogens is 226 g/mol. The summed E-state index contributed by atoms with van der Waals surface area (Å²) in [6.07, 6.45) is -0.512. The molecule has 1 aromatic carbocycles. The first kappa shape index (κ1) is 14.7. The van der Waals surface area contributed by atoms with Crippen LogP contribution in [0.2, 0.25) is 0 Å². The molecule has 18 heavy (non-hydrogen) atoms. The van der Waals surface area contributed by atoms with E-state index in [0.29, 0.717) is 6.54 Å². The van der Waals surface area contributed by atoms with Gasteiger partial charge in [-0.2, -0.15) is 0 Å². The van der Waals surface area contributed by atoms with Gasteiger partial charge in [0.05, 0.1) is 6.10 Å². The number of amides is 1. The van der Waals surface area contributed by atoms with E-state index in [1.54, 1.807) is 11.8 Å². The van der Waals surface area contributed by atoms with Crippen LogP contribution in [0.25, 0.3) is 0 Å². The predicted molar refractivity (Wildman–Crippen MR) is 73.8 cm³/mol. The van der Waals surface area contributed by atoms with Crippen LogP contribution in [0.15, 0.2) is 18.2 Å². The van der Waals surface area contributed by atoms with E-state index < -0.39 is 6.10 Å². The van der Waals surface area contributed by atoms with Gasteiger partial charge in [0.15, 0.2) is 0 Å². The van der Waals surface area contributed by atoms with Crippen molar-refractivity contribution in [2.24, 2.45) is 0 Å². The van der Waals surface area contributed by atoms with E-state index in [1.165, 1.54) is 0 Å². The lowest BCUT2D eigenvalue weighted by atomic mass is 10.0. The third-order valence-electron chi connectivity index (χ3n) is 2.96. The summed E-state index contributed by atoms with van der Waals surface area (Å²) in [4.78, 5) is 14.2. The van der Waals surface area contributed by atoms with Gasteiger partial charge in [-0.05, 0) is 46.2 Å². The number of aliphatic hydroxyl groups is 1. The Bertz CT molecular complexity index is 425. The molecule has 1 N–H and O–H groups in total. The molecule has 0 heterocycles. The van der Waals surface area contributed by atoms with Gasteiger partial charge in [0.2, 0.25) is 0 Å². The van der Waals surface area contributed by atoms with E-state index in [4.69, 9.17) is 0 Å². The van der Waals surface area contributed by atoms with Gasteiger partial charge in [-0.25, -0.2) is 0 Å². The molecule has 1 amide bonds. The highest BCUT2D eigenvalue weighted by Gasteiger charge is 2.21. The summed E-state index contributed by atoms with van der Waals surface area (Å²) in [6, 6.07) is 5.90. The Hall–Kier alpha value is -1.35. The molecule has 3 heteroatoms. The summed E-state index contributed by atoms with van der Waals surface area (Å²) in [5.41, 5.74) is 2.85. The first-order valence-electron chi connectivity index (χ1n) is 6.39. The number of hydrogen-bond donors (Lipinski definition) is 1. The average molecular weight is 249 g/mol. The van der Waals surface area contributed by atoms with E-state index in [-0.39, 0.29) is 11.9 Å². The monoisotopic (exact) mass is 249 g/mol. The first-order chi connectivity index (χ1) is 8.32. The molecule has 0 aliphatic rings. The Balaban J connectivity index is 3.02. The summed E-state index contributed by atoms with van der Waals surface area (Å²) in [6.45, 7) is 9.94. The second-order valence-corrected chi connectivity index (χ2v) is 5.22. The van der Waals surface area contributed by atoms with Crippen molar-refractivity contribution < 1.29 is 9.90 Å². The third-order valence-corrected chi connectivity index (χ3v) is 2.96. The Kier molecular flexibility index (Phi) is 4.91. The highest BCUT2D eigenvalue weighted by molar-refractivity contribution is 5.95. The van der Waals surface area contributed by atoms with Crippen LogP contribution in [0.1, 0.15) is 42.3 Å². The smallest absolute Gasteiger partial charge is 0.254 e. The van der Waals surface area contributed by atoms with Crippen molar-refractivity contribution in [2.75, 3.05) is 6.54 Å². The van der Waals surface area contributed by atoms with Crippen molar-refractivity contribution in [3.8, 4) is 0 Å². The quantitative estimate of drug-likeness (QED) is 0.890. The van der Waals surface area contributed by atoms with Crippen LogP contribution in [0.5, 0.6) is 0 Å². The zero-order chi connectivity index (χ0) is 13.9. The summed E-state index contributed by atoms with van der Waals surface area (Å²) >= 11 is 0. The number of aryl methyl sites for hydroxylation is 2. The minimum Gasteiger partial charge on any atom is -0.392 e. The van der Waals surface area contributed by atoms with Crippen LogP contribution in [0.4, 0.5) is 0 Å². The molecule has 1 rings (SSSR count). The fourth-order valence-corrected chi connectivity index (χ4v) is 2.02. The number of nitrogens with zero attached hydrogens (tertiary/aromatic N) is 1. The standard InChI is InChI=1S/C15H23NO2/c1-10(2)16(9-13(5)17)15(18)14-7-6-11(3)8-12(14)4/h6-8,10,13,17H,9H2,1-5H3. The van der Waals surface area contributed by atoms with Gasteiger partial charge < -0.3 is 10.0 Å². The lowest BCUT2D eigenvalue weighted by molar-refractivity contribution is 0.0578. The van der Waals surface area contributed by atoms with Crippen LogP contribution >= 0.6 is 0 Å². The summed E-state index contributed by atoms with van der Waals surface area (Å²) in [7, 11) is 0. The van der Waals surface area contributed by atoms with Gasteiger partial charge in [0, 0.05) is 18.2 Å². The highest BCUT2D eigenvalue weighted by Crippen LogP contribution is 2.15. The van der Waals surface area contributed by atoms with Crippen LogP contribution < -0.4 is 0 Å². The number of carbonyl (C=O) groups is 1. The largest absolute Gasteiger partial charge is 0.392 e. The van der Waals surface area contributed by atoms with E-state index in [1.807, 2.05) is 45.9 Å². The van der Waals surface area contributed by atoms with Crippen LogP contribution in [-0.4, -0.2) is 34.6 Å². The lowest BCUT2D eigenvalue weighted by Gasteiger charge is -2.28. The molecule has 0 aliphatic carbocycles. The number of aliphatic hydroxyl groups excluding tert-OH is 1. The van der Waals surface area contributed by atoms with Crippen molar-refractivity contribution >= 4 is 5.91 Å². The predicted octanol–water partition coefficient (Wildman–Crippen LogP) is 2.53. The second kappa shape index (κ2) is 6.01. The van der Waals surface area contributed by atoms with E-state index >= 15 is 0 Å². The van der Waals surface area contributed by atoms with Crippen molar-refractivity contribution in [1.29, 1.82) is 0 Å². The maximum Gasteiger partial charge on any atom is 0.254 e. The molecule has 3 nitrogen and oxygen atoms in total. The molecule has 0 spiro atoms. The molecule has 0 radical (unpaired) electrons. The van der Waals surface area contributed by atoms with Crippen LogP contribution in [-0.2, 0) is 0 Å². The molecule has 0 aromatic heterocycles. The van der Waals surface area contributed by atoms with Gasteiger partial charge in [-0.1, -0.05) is 17.7 Å². The molecular formula is C15H23NO2. The van der Waals surface area contributed by atoms with Crippen molar-refractivity contribution in [2.45, 2.75) is 46.8 Å². The van der Waals surface area contributed by atoms with Crippen molar-refractivity contribution in [3.63, 3.8) is 0 Å². The van der Waals surface area contributed by atoms with Crippen LogP contribution in [0.3, 0.4) is 0 Å².